The molecule has 132 valence electrons. The van der Waals surface area contributed by atoms with Crippen molar-refractivity contribution < 1.29 is 4.79 Å². The monoisotopic (exact) mass is 342 g/mol. The van der Waals surface area contributed by atoms with Gasteiger partial charge >= 0.3 is 0 Å². The first-order valence-electron chi connectivity index (χ1n) is 8.17. The van der Waals surface area contributed by atoms with E-state index in [2.05, 4.69) is 20.5 Å². The van der Waals surface area contributed by atoms with Gasteiger partial charge in [-0.2, -0.15) is 10.2 Å². The number of pyridine rings is 1. The predicted molar refractivity (Wildman–Crippen MR) is 94.2 cm³/mol. The lowest BCUT2D eigenvalue weighted by Crippen LogP contribution is -2.25. The van der Waals surface area contributed by atoms with Crippen molar-refractivity contribution in [3.05, 3.63) is 45.1 Å². The van der Waals surface area contributed by atoms with Gasteiger partial charge in [-0.15, -0.1) is 0 Å². The summed E-state index contributed by atoms with van der Waals surface area (Å²) in [5.41, 5.74) is 3.88. The van der Waals surface area contributed by atoms with E-state index >= 15 is 0 Å². The summed E-state index contributed by atoms with van der Waals surface area (Å²) in [7, 11) is 3.63. The van der Waals surface area contributed by atoms with Crippen molar-refractivity contribution in [1.29, 1.82) is 0 Å². The molecule has 0 aliphatic carbocycles. The lowest BCUT2D eigenvalue weighted by atomic mass is 10.0. The van der Waals surface area contributed by atoms with Gasteiger partial charge in [0.2, 0.25) is 5.91 Å². The van der Waals surface area contributed by atoms with Crippen molar-refractivity contribution in [3.63, 3.8) is 0 Å². The van der Waals surface area contributed by atoms with Gasteiger partial charge in [0.1, 0.15) is 5.65 Å². The molecule has 0 atom stereocenters. The number of aryl methyl sites for hydroxylation is 4. The summed E-state index contributed by atoms with van der Waals surface area (Å²) in [6.45, 7) is 4.25. The van der Waals surface area contributed by atoms with Crippen LogP contribution in [0.2, 0.25) is 0 Å². The molecule has 0 aliphatic rings. The zero-order chi connectivity index (χ0) is 18.1. The Morgan fingerprint density at radius 1 is 1.28 bits per heavy atom. The quantitative estimate of drug-likeness (QED) is 0.718. The number of amides is 1. The first-order valence-corrected chi connectivity index (χ1v) is 8.17. The van der Waals surface area contributed by atoms with E-state index in [1.54, 1.807) is 22.6 Å². The Hall–Kier alpha value is -2.90. The lowest BCUT2D eigenvalue weighted by molar-refractivity contribution is -0.121. The van der Waals surface area contributed by atoms with Crippen molar-refractivity contribution in [2.45, 2.75) is 33.2 Å². The predicted octanol–water partition coefficient (Wildman–Crippen LogP) is 0.861. The first kappa shape index (κ1) is 16.9. The molecule has 3 aromatic heterocycles. The third-order valence-corrected chi connectivity index (χ3v) is 4.55. The molecular weight excluding hydrogens is 320 g/mol. The molecule has 0 saturated carbocycles. The third kappa shape index (κ3) is 3.19. The number of nitrogens with one attached hydrogen (secondary N) is 2. The zero-order valence-electron chi connectivity index (χ0n) is 14.9. The van der Waals surface area contributed by atoms with Crippen molar-refractivity contribution in [2.75, 3.05) is 0 Å². The van der Waals surface area contributed by atoms with E-state index in [-0.39, 0.29) is 17.9 Å². The van der Waals surface area contributed by atoms with Crippen molar-refractivity contribution in [1.82, 2.24) is 29.9 Å². The number of carbonyl (C=O) groups excluding carboxylic acids is 1. The molecule has 3 heterocycles. The van der Waals surface area contributed by atoms with E-state index < -0.39 is 0 Å². The highest BCUT2D eigenvalue weighted by molar-refractivity contribution is 5.83. The Kier molecular flexibility index (Phi) is 4.43. The molecule has 0 unspecified atom stereocenters. The van der Waals surface area contributed by atoms with Gasteiger partial charge in [0, 0.05) is 37.7 Å². The lowest BCUT2D eigenvalue weighted by Gasteiger charge is -2.08. The van der Waals surface area contributed by atoms with Crippen LogP contribution in [0.1, 0.15) is 28.9 Å². The largest absolute Gasteiger partial charge is 0.350 e. The normalized spacial score (nSPS) is 11.2. The molecule has 1 amide bonds. The number of rotatable bonds is 5. The van der Waals surface area contributed by atoms with Crippen molar-refractivity contribution in [3.8, 4) is 0 Å². The Morgan fingerprint density at radius 3 is 2.72 bits per heavy atom. The second-order valence-electron chi connectivity index (χ2n) is 6.21. The van der Waals surface area contributed by atoms with Crippen LogP contribution in [0.4, 0.5) is 0 Å². The summed E-state index contributed by atoms with van der Waals surface area (Å²) in [5, 5.41) is 12.2. The highest BCUT2D eigenvalue weighted by atomic mass is 16.1. The molecule has 2 N–H and O–H groups in total. The van der Waals surface area contributed by atoms with Crippen LogP contribution in [-0.4, -0.2) is 30.5 Å². The summed E-state index contributed by atoms with van der Waals surface area (Å²) < 4.78 is 3.39. The van der Waals surface area contributed by atoms with Crippen LogP contribution in [0.25, 0.3) is 11.0 Å². The number of fused-ring (bicyclic) bond motifs is 1. The number of aromatic nitrogens is 5. The van der Waals surface area contributed by atoms with Crippen LogP contribution >= 0.6 is 0 Å². The Morgan fingerprint density at radius 2 is 2.04 bits per heavy atom. The van der Waals surface area contributed by atoms with E-state index in [1.807, 2.05) is 27.0 Å². The molecular formula is C17H22N6O2. The minimum absolute atomic E-state index is 0.0944. The number of nitrogens with zero attached hydrogens (tertiary/aromatic N) is 4. The van der Waals surface area contributed by atoms with Crippen LogP contribution in [0.3, 0.4) is 0 Å². The molecule has 0 spiro atoms. The second-order valence-corrected chi connectivity index (χ2v) is 6.21. The number of H-pyrrole nitrogens is 1. The maximum atomic E-state index is 12.4. The molecule has 3 aromatic rings. The molecule has 8 nitrogen and oxygen atoms in total. The highest BCUT2D eigenvalue weighted by Crippen LogP contribution is 2.21. The number of carbonyl (C=O) groups is 1. The van der Waals surface area contributed by atoms with E-state index in [4.69, 9.17) is 0 Å². The molecule has 25 heavy (non-hydrogen) atoms. The smallest absolute Gasteiger partial charge is 0.253 e. The van der Waals surface area contributed by atoms with Crippen molar-refractivity contribution in [2.24, 2.45) is 14.1 Å². The van der Waals surface area contributed by atoms with Gasteiger partial charge in [-0.05, 0) is 31.9 Å². The molecule has 0 aliphatic heterocycles. The van der Waals surface area contributed by atoms with Crippen LogP contribution in [0, 0.1) is 13.8 Å². The molecule has 8 heteroatoms. The average Bonchev–Trinajstić information content (AvgIpc) is 3.08. The van der Waals surface area contributed by atoms with Crippen LogP contribution in [0.15, 0.2) is 17.1 Å². The molecule has 0 radical (unpaired) electrons. The van der Waals surface area contributed by atoms with Crippen molar-refractivity contribution >= 4 is 16.9 Å². The topological polar surface area (TPSA) is 97.6 Å². The van der Waals surface area contributed by atoms with Gasteiger partial charge in [0.05, 0.1) is 17.9 Å². The number of hydrogen-bond acceptors (Lipinski definition) is 4. The molecule has 0 fully saturated rings. The summed E-state index contributed by atoms with van der Waals surface area (Å²) in [6.07, 6.45) is 2.34. The Bertz CT molecular complexity index is 995. The van der Waals surface area contributed by atoms with E-state index in [0.29, 0.717) is 24.2 Å². The van der Waals surface area contributed by atoms with Gasteiger partial charge in [-0.3, -0.25) is 19.0 Å². The van der Waals surface area contributed by atoms with Gasteiger partial charge in [0.25, 0.3) is 5.56 Å². The summed E-state index contributed by atoms with van der Waals surface area (Å²) >= 11 is 0. The van der Waals surface area contributed by atoms with Crippen LogP contribution in [0.5, 0.6) is 0 Å². The highest BCUT2D eigenvalue weighted by Gasteiger charge is 2.15. The Labute approximate surface area is 144 Å². The van der Waals surface area contributed by atoms with E-state index in [0.717, 1.165) is 22.3 Å². The van der Waals surface area contributed by atoms with Gasteiger partial charge in [0.15, 0.2) is 0 Å². The van der Waals surface area contributed by atoms with Gasteiger partial charge in [-0.1, -0.05) is 0 Å². The minimum atomic E-state index is -0.160. The summed E-state index contributed by atoms with van der Waals surface area (Å²) in [5.74, 6) is -0.0944. The average molecular weight is 342 g/mol. The van der Waals surface area contributed by atoms with E-state index in [9.17, 15) is 9.59 Å². The summed E-state index contributed by atoms with van der Waals surface area (Å²) in [4.78, 5) is 27.4. The standard InChI is InChI=1S/C17H22N6O2/c1-10-13(17(25)20-16-15(10)11(2)21-23(16)4)5-6-14(24)18-9-12-7-8-19-22(12)3/h7-8H,5-6,9H2,1-4H3,(H,18,24)(H,20,25). The molecule has 0 aromatic carbocycles. The fourth-order valence-electron chi connectivity index (χ4n) is 3.15. The molecule has 0 bridgehead atoms. The van der Waals surface area contributed by atoms with Gasteiger partial charge in [-0.25, -0.2) is 0 Å². The minimum Gasteiger partial charge on any atom is -0.350 e. The fourth-order valence-corrected chi connectivity index (χ4v) is 3.15. The third-order valence-electron chi connectivity index (χ3n) is 4.55. The molecule has 3 rings (SSSR count). The maximum Gasteiger partial charge on any atom is 0.253 e. The zero-order valence-corrected chi connectivity index (χ0v) is 14.9. The Balaban J connectivity index is 1.73. The number of hydrogen-bond donors (Lipinski definition) is 2. The van der Waals surface area contributed by atoms with Crippen LogP contribution < -0.4 is 10.9 Å². The van der Waals surface area contributed by atoms with Crippen LogP contribution in [-0.2, 0) is 31.9 Å². The van der Waals surface area contributed by atoms with Gasteiger partial charge < -0.3 is 10.3 Å². The summed E-state index contributed by atoms with van der Waals surface area (Å²) in [6, 6.07) is 1.86. The SMILES string of the molecule is Cc1nn(C)c2[nH]c(=O)c(CCC(=O)NCc3ccnn3C)c(C)c12. The number of aromatic amines is 1. The first-order chi connectivity index (χ1) is 11.9. The van der Waals surface area contributed by atoms with E-state index in [1.165, 1.54) is 0 Å². The molecule has 0 saturated heterocycles. The maximum absolute atomic E-state index is 12.4. The fraction of sp³-hybridized carbons (Fsp3) is 0.412. The second kappa shape index (κ2) is 6.54.